The molecule has 0 aliphatic carbocycles. The Morgan fingerprint density at radius 3 is 2.79 bits per heavy atom. The van der Waals surface area contributed by atoms with Crippen LogP contribution in [0.25, 0.3) is 0 Å². The van der Waals surface area contributed by atoms with E-state index in [0.29, 0.717) is 6.42 Å². The van der Waals surface area contributed by atoms with Gasteiger partial charge in [0.1, 0.15) is 0 Å². The Balaban J connectivity index is 2.81. The molecule has 0 saturated heterocycles. The third-order valence-corrected chi connectivity index (χ3v) is 2.21. The van der Waals surface area contributed by atoms with E-state index < -0.39 is 12.1 Å². The van der Waals surface area contributed by atoms with Crippen molar-refractivity contribution < 1.29 is 14.6 Å². The summed E-state index contributed by atoms with van der Waals surface area (Å²) in [6.07, 6.45) is 1.25. The van der Waals surface area contributed by atoms with Crippen LogP contribution < -0.4 is 0 Å². The lowest BCUT2D eigenvalue weighted by Crippen LogP contribution is -2.26. The van der Waals surface area contributed by atoms with E-state index in [1.807, 2.05) is 6.92 Å². The highest BCUT2D eigenvalue weighted by Crippen LogP contribution is 2.10. The average Bonchev–Trinajstić information content (AvgIpc) is 2.43. The van der Waals surface area contributed by atoms with Gasteiger partial charge in [-0.2, -0.15) is 5.10 Å². The monoisotopic (exact) mass is 198 g/mol. The normalized spacial score (nSPS) is 12.8. The average molecular weight is 198 g/mol. The molecule has 1 N–H and O–H groups in total. The van der Waals surface area contributed by atoms with E-state index in [0.717, 1.165) is 11.3 Å². The maximum Gasteiger partial charge on any atom is 0.333 e. The van der Waals surface area contributed by atoms with E-state index >= 15 is 0 Å². The first kappa shape index (κ1) is 10.7. The summed E-state index contributed by atoms with van der Waals surface area (Å²) in [6.45, 7) is 1.90. The standard InChI is InChI=1S/C9H14N2O3/c1-6-5-10-11(2)7(6)4-8(14-3)9(12)13/h5,8H,4H2,1-3H3,(H,12,13). The van der Waals surface area contributed by atoms with Gasteiger partial charge in [-0.05, 0) is 12.5 Å². The van der Waals surface area contributed by atoms with Crippen molar-refractivity contribution in [2.45, 2.75) is 19.4 Å². The van der Waals surface area contributed by atoms with Crippen LogP contribution in [0.1, 0.15) is 11.3 Å². The number of rotatable bonds is 4. The molecule has 1 aromatic heterocycles. The van der Waals surface area contributed by atoms with Crippen molar-refractivity contribution in [3.8, 4) is 0 Å². The molecule has 0 aliphatic heterocycles. The third kappa shape index (κ3) is 2.11. The molecule has 0 aliphatic rings. The van der Waals surface area contributed by atoms with Gasteiger partial charge in [0.25, 0.3) is 0 Å². The minimum absolute atomic E-state index is 0.341. The molecular formula is C9H14N2O3. The summed E-state index contributed by atoms with van der Waals surface area (Å²) in [4.78, 5) is 10.7. The van der Waals surface area contributed by atoms with Crippen LogP contribution in [0.3, 0.4) is 0 Å². The van der Waals surface area contributed by atoms with Crippen molar-refractivity contribution in [2.75, 3.05) is 7.11 Å². The summed E-state index contributed by atoms with van der Waals surface area (Å²) in [5.41, 5.74) is 1.87. The number of carbonyl (C=O) groups is 1. The molecular weight excluding hydrogens is 184 g/mol. The summed E-state index contributed by atoms with van der Waals surface area (Å²) in [5.74, 6) is -0.951. The number of aryl methyl sites for hydroxylation is 2. The van der Waals surface area contributed by atoms with Crippen LogP contribution in [0, 0.1) is 6.92 Å². The highest BCUT2D eigenvalue weighted by molar-refractivity contribution is 5.72. The summed E-state index contributed by atoms with van der Waals surface area (Å²) in [5, 5.41) is 12.8. The summed E-state index contributed by atoms with van der Waals surface area (Å²) >= 11 is 0. The molecule has 5 nitrogen and oxygen atoms in total. The van der Waals surface area contributed by atoms with Crippen molar-refractivity contribution in [1.82, 2.24) is 9.78 Å². The number of methoxy groups -OCH3 is 1. The van der Waals surface area contributed by atoms with Gasteiger partial charge in [0.05, 0.1) is 6.20 Å². The Bertz CT molecular complexity index is 313. The number of aliphatic carboxylic acids is 1. The lowest BCUT2D eigenvalue weighted by atomic mass is 10.1. The molecule has 0 saturated carbocycles. The number of hydrogen-bond acceptors (Lipinski definition) is 3. The van der Waals surface area contributed by atoms with E-state index in [1.54, 1.807) is 17.9 Å². The first-order valence-corrected chi connectivity index (χ1v) is 4.29. The number of carboxylic acids is 1. The molecule has 0 amide bonds. The molecule has 5 heteroatoms. The second-order valence-electron chi connectivity index (χ2n) is 3.16. The lowest BCUT2D eigenvalue weighted by Gasteiger charge is -2.10. The molecule has 1 heterocycles. The van der Waals surface area contributed by atoms with Crippen molar-refractivity contribution >= 4 is 5.97 Å². The van der Waals surface area contributed by atoms with E-state index in [-0.39, 0.29) is 0 Å². The van der Waals surface area contributed by atoms with Crippen LogP contribution in [0.4, 0.5) is 0 Å². The molecule has 14 heavy (non-hydrogen) atoms. The molecule has 1 atom stereocenters. The highest BCUT2D eigenvalue weighted by Gasteiger charge is 2.19. The lowest BCUT2D eigenvalue weighted by molar-refractivity contribution is -0.148. The summed E-state index contributed by atoms with van der Waals surface area (Å²) in [7, 11) is 3.18. The van der Waals surface area contributed by atoms with Gasteiger partial charge in [-0.1, -0.05) is 0 Å². The van der Waals surface area contributed by atoms with Gasteiger partial charge < -0.3 is 9.84 Å². The van der Waals surface area contributed by atoms with E-state index in [4.69, 9.17) is 9.84 Å². The van der Waals surface area contributed by atoms with Crippen LogP contribution in [0.5, 0.6) is 0 Å². The maximum absolute atomic E-state index is 10.7. The van der Waals surface area contributed by atoms with Crippen molar-refractivity contribution in [3.05, 3.63) is 17.5 Å². The zero-order chi connectivity index (χ0) is 10.7. The van der Waals surface area contributed by atoms with Crippen LogP contribution in [0.2, 0.25) is 0 Å². The number of ether oxygens (including phenoxy) is 1. The molecule has 0 fully saturated rings. The topological polar surface area (TPSA) is 64.4 Å². The molecule has 0 spiro atoms. The van der Waals surface area contributed by atoms with Gasteiger partial charge in [-0.25, -0.2) is 4.79 Å². The van der Waals surface area contributed by atoms with Crippen molar-refractivity contribution in [1.29, 1.82) is 0 Å². The van der Waals surface area contributed by atoms with E-state index in [9.17, 15) is 4.79 Å². The Morgan fingerprint density at radius 2 is 2.43 bits per heavy atom. The van der Waals surface area contributed by atoms with Gasteiger partial charge >= 0.3 is 5.97 Å². The van der Waals surface area contributed by atoms with Gasteiger partial charge in [0.15, 0.2) is 6.10 Å². The SMILES string of the molecule is COC(Cc1c(C)cnn1C)C(=O)O. The molecule has 1 rings (SSSR count). The van der Waals surface area contributed by atoms with Gasteiger partial charge in [0, 0.05) is 26.3 Å². The minimum Gasteiger partial charge on any atom is -0.479 e. The fourth-order valence-electron chi connectivity index (χ4n) is 1.31. The molecule has 1 aromatic rings. The predicted molar refractivity (Wildman–Crippen MR) is 50.1 cm³/mol. The van der Waals surface area contributed by atoms with Gasteiger partial charge in [-0.3, -0.25) is 4.68 Å². The zero-order valence-corrected chi connectivity index (χ0v) is 8.52. The Hall–Kier alpha value is -1.36. The van der Waals surface area contributed by atoms with Crippen LogP contribution in [0.15, 0.2) is 6.20 Å². The maximum atomic E-state index is 10.7. The van der Waals surface area contributed by atoms with E-state index in [1.165, 1.54) is 7.11 Å². The highest BCUT2D eigenvalue weighted by atomic mass is 16.5. The number of aromatic nitrogens is 2. The van der Waals surface area contributed by atoms with Gasteiger partial charge in [-0.15, -0.1) is 0 Å². The Morgan fingerprint density at radius 1 is 1.79 bits per heavy atom. The summed E-state index contributed by atoms with van der Waals surface area (Å²) < 4.78 is 6.53. The smallest absolute Gasteiger partial charge is 0.333 e. The molecule has 0 aromatic carbocycles. The Kier molecular flexibility index (Phi) is 3.24. The first-order chi connectivity index (χ1) is 6.56. The van der Waals surface area contributed by atoms with Crippen molar-refractivity contribution in [2.24, 2.45) is 7.05 Å². The van der Waals surface area contributed by atoms with Crippen LogP contribution in [-0.2, 0) is 23.0 Å². The van der Waals surface area contributed by atoms with E-state index in [2.05, 4.69) is 5.10 Å². The first-order valence-electron chi connectivity index (χ1n) is 4.29. The predicted octanol–water partition coefficient (Wildman–Crippen LogP) is 0.371. The largest absolute Gasteiger partial charge is 0.479 e. The number of nitrogens with zero attached hydrogens (tertiary/aromatic N) is 2. The number of hydrogen-bond donors (Lipinski definition) is 1. The third-order valence-electron chi connectivity index (χ3n) is 2.21. The summed E-state index contributed by atoms with van der Waals surface area (Å²) in [6, 6.07) is 0. The molecule has 78 valence electrons. The Labute approximate surface area is 82.3 Å². The fourth-order valence-corrected chi connectivity index (χ4v) is 1.31. The van der Waals surface area contributed by atoms with Crippen LogP contribution in [-0.4, -0.2) is 34.1 Å². The molecule has 0 bridgehead atoms. The minimum atomic E-state index is -0.951. The zero-order valence-electron chi connectivity index (χ0n) is 8.52. The quantitative estimate of drug-likeness (QED) is 0.759. The second-order valence-corrected chi connectivity index (χ2v) is 3.16. The molecule has 1 unspecified atom stereocenters. The van der Waals surface area contributed by atoms with Gasteiger partial charge in [0.2, 0.25) is 0 Å². The fraction of sp³-hybridized carbons (Fsp3) is 0.556. The van der Waals surface area contributed by atoms with Crippen LogP contribution >= 0.6 is 0 Å². The second kappa shape index (κ2) is 4.23. The van der Waals surface area contributed by atoms with Crippen molar-refractivity contribution in [3.63, 3.8) is 0 Å². The molecule has 0 radical (unpaired) electrons. The number of carboxylic acid groups (broad SMARTS) is 1.